The molecule has 0 spiro atoms. The number of anilines is 1. The summed E-state index contributed by atoms with van der Waals surface area (Å²) in [5.74, 6) is -0.635. The summed E-state index contributed by atoms with van der Waals surface area (Å²) in [5, 5.41) is 2.51. The van der Waals surface area contributed by atoms with E-state index in [0.717, 1.165) is 5.56 Å². The first kappa shape index (κ1) is 23.6. The van der Waals surface area contributed by atoms with E-state index < -0.39 is 22.5 Å². The molecular weight excluding hydrogens is 418 g/mol. The minimum absolute atomic E-state index is 0.0879. The van der Waals surface area contributed by atoms with Crippen LogP contribution in [0.5, 0.6) is 11.5 Å². The molecule has 0 saturated carbocycles. The standard InChI is InChI=1S/C20H24F2N2O5S/c1-12-9-13(2)19(14(3)10-12)30(26,27)23-8-7-18(25)24-15-5-6-16(28-4)17(11-15)29-20(21)22/h5-6,9-11,20,23H,7-8H2,1-4H3,(H,24,25). The van der Waals surface area contributed by atoms with Gasteiger partial charge in [0.1, 0.15) is 0 Å². The van der Waals surface area contributed by atoms with Gasteiger partial charge in [-0.05, 0) is 44.0 Å². The van der Waals surface area contributed by atoms with E-state index in [1.54, 1.807) is 26.0 Å². The van der Waals surface area contributed by atoms with Gasteiger partial charge in [0.25, 0.3) is 0 Å². The maximum atomic E-state index is 12.6. The van der Waals surface area contributed by atoms with Gasteiger partial charge in [-0.2, -0.15) is 8.78 Å². The Balaban J connectivity index is 2.00. The molecule has 1 amide bonds. The molecule has 0 aliphatic heterocycles. The molecule has 164 valence electrons. The highest BCUT2D eigenvalue weighted by atomic mass is 32.2. The number of benzene rings is 2. The summed E-state index contributed by atoms with van der Waals surface area (Å²) in [4.78, 5) is 12.3. The number of aryl methyl sites for hydroxylation is 3. The van der Waals surface area contributed by atoms with Gasteiger partial charge in [0, 0.05) is 24.7 Å². The summed E-state index contributed by atoms with van der Waals surface area (Å²) in [7, 11) is -2.48. The van der Waals surface area contributed by atoms with E-state index in [9.17, 15) is 22.0 Å². The number of hydrogen-bond donors (Lipinski definition) is 2. The zero-order valence-electron chi connectivity index (χ0n) is 17.1. The van der Waals surface area contributed by atoms with Crippen molar-refractivity contribution in [1.29, 1.82) is 0 Å². The van der Waals surface area contributed by atoms with E-state index in [1.165, 1.54) is 25.3 Å². The summed E-state index contributed by atoms with van der Waals surface area (Å²) < 4.78 is 61.9. The van der Waals surface area contributed by atoms with Gasteiger partial charge in [-0.1, -0.05) is 17.7 Å². The van der Waals surface area contributed by atoms with Crippen LogP contribution in [0.4, 0.5) is 14.5 Å². The average molecular weight is 442 g/mol. The van der Waals surface area contributed by atoms with Crippen LogP contribution < -0.4 is 19.5 Å². The monoisotopic (exact) mass is 442 g/mol. The third-order valence-corrected chi connectivity index (χ3v) is 5.95. The molecule has 0 aliphatic carbocycles. The number of carbonyl (C=O) groups is 1. The zero-order valence-corrected chi connectivity index (χ0v) is 17.9. The molecule has 2 N–H and O–H groups in total. The summed E-state index contributed by atoms with van der Waals surface area (Å²) in [5.41, 5.74) is 2.41. The summed E-state index contributed by atoms with van der Waals surface area (Å²) in [6.45, 7) is 2.13. The maximum absolute atomic E-state index is 12.6. The number of hydrogen-bond acceptors (Lipinski definition) is 5. The number of rotatable bonds is 9. The van der Waals surface area contributed by atoms with Crippen molar-refractivity contribution in [2.45, 2.75) is 38.7 Å². The van der Waals surface area contributed by atoms with Crippen LogP contribution in [0.2, 0.25) is 0 Å². The Labute approximate surface area is 174 Å². The highest BCUT2D eigenvalue weighted by Gasteiger charge is 2.20. The average Bonchev–Trinajstić information content (AvgIpc) is 2.60. The lowest BCUT2D eigenvalue weighted by Crippen LogP contribution is -2.29. The summed E-state index contributed by atoms with van der Waals surface area (Å²) in [6.07, 6.45) is -0.153. The lowest BCUT2D eigenvalue weighted by molar-refractivity contribution is -0.116. The Bertz CT molecular complexity index is 1000. The highest BCUT2D eigenvalue weighted by molar-refractivity contribution is 7.89. The van der Waals surface area contributed by atoms with Gasteiger partial charge in [0.2, 0.25) is 15.9 Å². The predicted molar refractivity (Wildman–Crippen MR) is 109 cm³/mol. The molecule has 7 nitrogen and oxygen atoms in total. The minimum atomic E-state index is -3.79. The number of amides is 1. The topological polar surface area (TPSA) is 93.7 Å². The number of nitrogens with one attached hydrogen (secondary N) is 2. The molecule has 0 unspecified atom stereocenters. The van der Waals surface area contributed by atoms with Crippen LogP contribution >= 0.6 is 0 Å². The van der Waals surface area contributed by atoms with Gasteiger partial charge < -0.3 is 14.8 Å². The molecule has 0 bridgehead atoms. The van der Waals surface area contributed by atoms with Crippen LogP contribution in [0.15, 0.2) is 35.2 Å². The second kappa shape index (κ2) is 9.86. The van der Waals surface area contributed by atoms with Crippen LogP contribution in [0, 0.1) is 20.8 Å². The van der Waals surface area contributed by atoms with E-state index >= 15 is 0 Å². The Kier molecular flexibility index (Phi) is 7.74. The van der Waals surface area contributed by atoms with Crippen LogP contribution in [-0.4, -0.2) is 34.6 Å². The third-order valence-electron chi connectivity index (χ3n) is 4.18. The SMILES string of the molecule is COc1ccc(NC(=O)CCNS(=O)(=O)c2c(C)cc(C)cc2C)cc1OC(F)F. The molecule has 0 saturated heterocycles. The highest BCUT2D eigenvalue weighted by Crippen LogP contribution is 2.31. The smallest absolute Gasteiger partial charge is 0.387 e. The molecule has 0 heterocycles. The van der Waals surface area contributed by atoms with Crippen molar-refractivity contribution in [1.82, 2.24) is 4.72 Å². The number of alkyl halides is 2. The molecule has 0 atom stereocenters. The largest absolute Gasteiger partial charge is 0.493 e. The molecule has 2 rings (SSSR count). The fourth-order valence-electron chi connectivity index (χ4n) is 3.13. The Hall–Kier alpha value is -2.72. The number of halogens is 2. The third kappa shape index (κ3) is 6.14. The van der Waals surface area contributed by atoms with Crippen LogP contribution in [0.25, 0.3) is 0 Å². The molecule has 0 aliphatic rings. The van der Waals surface area contributed by atoms with E-state index in [2.05, 4.69) is 14.8 Å². The quantitative estimate of drug-likeness (QED) is 0.620. The van der Waals surface area contributed by atoms with Crippen LogP contribution in [0.3, 0.4) is 0 Å². The fraction of sp³-hybridized carbons (Fsp3) is 0.350. The van der Waals surface area contributed by atoms with Gasteiger partial charge >= 0.3 is 6.61 Å². The molecule has 0 radical (unpaired) electrons. The fourth-order valence-corrected chi connectivity index (χ4v) is 4.61. The predicted octanol–water partition coefficient (Wildman–Crippen LogP) is 3.53. The van der Waals surface area contributed by atoms with Crippen molar-refractivity contribution in [3.8, 4) is 11.5 Å². The van der Waals surface area contributed by atoms with E-state index in [4.69, 9.17) is 4.74 Å². The Morgan fingerprint density at radius 2 is 1.70 bits per heavy atom. The van der Waals surface area contributed by atoms with E-state index in [0.29, 0.717) is 11.1 Å². The van der Waals surface area contributed by atoms with Crippen molar-refractivity contribution in [2.75, 3.05) is 19.0 Å². The molecule has 30 heavy (non-hydrogen) atoms. The van der Waals surface area contributed by atoms with Gasteiger partial charge in [0.05, 0.1) is 12.0 Å². The first-order valence-corrected chi connectivity index (χ1v) is 10.5. The molecule has 0 fully saturated rings. The second-order valence-electron chi connectivity index (χ2n) is 6.67. The normalized spacial score (nSPS) is 11.4. The van der Waals surface area contributed by atoms with Crippen molar-refractivity contribution in [3.63, 3.8) is 0 Å². The lowest BCUT2D eigenvalue weighted by atomic mass is 10.1. The molecule has 2 aromatic carbocycles. The van der Waals surface area contributed by atoms with E-state index in [-0.39, 0.29) is 35.0 Å². The van der Waals surface area contributed by atoms with Crippen molar-refractivity contribution in [3.05, 3.63) is 47.0 Å². The summed E-state index contributed by atoms with van der Waals surface area (Å²) in [6, 6.07) is 7.58. The first-order valence-electron chi connectivity index (χ1n) is 9.03. The first-order chi connectivity index (χ1) is 14.0. The van der Waals surface area contributed by atoms with Crippen molar-refractivity contribution in [2.24, 2.45) is 0 Å². The minimum Gasteiger partial charge on any atom is -0.493 e. The van der Waals surface area contributed by atoms with Gasteiger partial charge in [-0.3, -0.25) is 4.79 Å². The van der Waals surface area contributed by atoms with Gasteiger partial charge in [-0.25, -0.2) is 13.1 Å². The zero-order chi connectivity index (χ0) is 22.5. The van der Waals surface area contributed by atoms with Crippen molar-refractivity contribution >= 4 is 21.6 Å². The van der Waals surface area contributed by atoms with Gasteiger partial charge in [-0.15, -0.1) is 0 Å². The van der Waals surface area contributed by atoms with E-state index in [1.807, 2.05) is 6.92 Å². The number of methoxy groups -OCH3 is 1. The number of ether oxygens (including phenoxy) is 2. The molecule has 2 aromatic rings. The summed E-state index contributed by atoms with van der Waals surface area (Å²) >= 11 is 0. The second-order valence-corrected chi connectivity index (χ2v) is 8.37. The number of sulfonamides is 1. The maximum Gasteiger partial charge on any atom is 0.387 e. The molecule has 10 heteroatoms. The Morgan fingerprint density at radius 3 is 2.27 bits per heavy atom. The number of carbonyl (C=O) groups excluding carboxylic acids is 1. The van der Waals surface area contributed by atoms with Gasteiger partial charge in [0.15, 0.2) is 11.5 Å². The van der Waals surface area contributed by atoms with Crippen LogP contribution in [0.1, 0.15) is 23.1 Å². The van der Waals surface area contributed by atoms with Crippen molar-refractivity contribution < 1.29 is 31.5 Å². The molecule has 0 aromatic heterocycles. The Morgan fingerprint density at radius 1 is 1.07 bits per heavy atom. The van der Waals surface area contributed by atoms with Crippen LogP contribution in [-0.2, 0) is 14.8 Å². The molecular formula is C20H24F2N2O5S. The lowest BCUT2D eigenvalue weighted by Gasteiger charge is -2.14.